The Hall–Kier alpha value is -0.880. The number of nitrogens with one attached hydrogen (secondary N) is 1. The van der Waals surface area contributed by atoms with Crippen LogP contribution in [-0.2, 0) is 11.3 Å². The number of hydrogen-bond acceptors (Lipinski definition) is 4. The van der Waals surface area contributed by atoms with Gasteiger partial charge in [-0.25, -0.2) is 0 Å². The van der Waals surface area contributed by atoms with Crippen LogP contribution in [0.25, 0.3) is 0 Å². The summed E-state index contributed by atoms with van der Waals surface area (Å²) in [6.07, 6.45) is 4.17. The molecule has 120 valence electrons. The van der Waals surface area contributed by atoms with Crippen LogP contribution in [0, 0.1) is 11.3 Å². The highest BCUT2D eigenvalue weighted by atomic mass is 35.5. The van der Waals surface area contributed by atoms with Crippen molar-refractivity contribution in [2.45, 2.75) is 19.4 Å². The number of hydrogen-bond donors (Lipinski definition) is 2. The third-order valence-electron chi connectivity index (χ3n) is 4.92. The van der Waals surface area contributed by atoms with Crippen LogP contribution in [-0.4, -0.2) is 47.1 Å². The van der Waals surface area contributed by atoms with Gasteiger partial charge in [0.15, 0.2) is 0 Å². The van der Waals surface area contributed by atoms with Crippen molar-refractivity contribution >= 4 is 29.2 Å². The van der Waals surface area contributed by atoms with E-state index < -0.39 is 5.97 Å². The van der Waals surface area contributed by atoms with Gasteiger partial charge in [0.25, 0.3) is 0 Å². The third-order valence-corrected chi connectivity index (χ3v) is 5.57. The second kappa shape index (κ2) is 6.32. The Morgan fingerprint density at radius 3 is 2.86 bits per heavy atom. The lowest BCUT2D eigenvalue weighted by molar-refractivity contribution is -0.137. The van der Waals surface area contributed by atoms with Gasteiger partial charge in [0.2, 0.25) is 0 Å². The number of carboxylic acids is 1. The van der Waals surface area contributed by atoms with Gasteiger partial charge in [-0.05, 0) is 18.9 Å². The number of nitrogens with zero attached hydrogens (tertiary/aromatic N) is 2. The molecule has 2 unspecified atom stereocenters. The molecule has 2 aliphatic heterocycles. The van der Waals surface area contributed by atoms with Gasteiger partial charge in [0.1, 0.15) is 0 Å². The lowest BCUT2D eigenvalue weighted by atomic mass is 9.77. The average molecular weight is 344 g/mol. The minimum absolute atomic E-state index is 0.0599. The van der Waals surface area contributed by atoms with Crippen molar-refractivity contribution in [3.05, 3.63) is 28.0 Å². The molecule has 2 fully saturated rings. The minimum atomic E-state index is -0.723. The van der Waals surface area contributed by atoms with E-state index in [0.717, 1.165) is 31.7 Å². The van der Waals surface area contributed by atoms with Gasteiger partial charge < -0.3 is 10.4 Å². The first-order valence-corrected chi connectivity index (χ1v) is 8.18. The van der Waals surface area contributed by atoms with E-state index >= 15 is 0 Å². The summed E-state index contributed by atoms with van der Waals surface area (Å²) in [4.78, 5) is 17.2. The highest BCUT2D eigenvalue weighted by Crippen LogP contribution is 2.43. The van der Waals surface area contributed by atoms with Crippen molar-refractivity contribution in [1.82, 2.24) is 15.2 Å². The molecule has 0 amide bonds. The molecule has 0 radical (unpaired) electrons. The van der Waals surface area contributed by atoms with Crippen LogP contribution in [0.4, 0.5) is 0 Å². The first-order chi connectivity index (χ1) is 10.5. The zero-order valence-corrected chi connectivity index (χ0v) is 13.7. The number of carbonyl (C=O) groups is 1. The Bertz CT molecular complexity index is 564. The third kappa shape index (κ3) is 3.08. The average Bonchev–Trinajstić information content (AvgIpc) is 2.97. The van der Waals surface area contributed by atoms with Crippen molar-refractivity contribution < 1.29 is 9.90 Å². The molecule has 2 N–H and O–H groups in total. The Labute approximate surface area is 139 Å². The summed E-state index contributed by atoms with van der Waals surface area (Å²) in [6.45, 7) is 4.35. The topological polar surface area (TPSA) is 65.5 Å². The van der Waals surface area contributed by atoms with E-state index in [9.17, 15) is 4.79 Å². The second-order valence-corrected chi connectivity index (χ2v) is 7.15. The minimum Gasteiger partial charge on any atom is -0.481 e. The Morgan fingerprint density at radius 1 is 1.45 bits per heavy atom. The Kier molecular flexibility index (Phi) is 4.59. The van der Waals surface area contributed by atoms with Crippen LogP contribution < -0.4 is 5.32 Å². The molecule has 2 atom stereocenters. The van der Waals surface area contributed by atoms with E-state index in [1.54, 1.807) is 12.4 Å². The van der Waals surface area contributed by atoms with Crippen LogP contribution in [0.3, 0.4) is 0 Å². The molecule has 1 aromatic heterocycles. The fourth-order valence-corrected chi connectivity index (χ4v) is 4.27. The highest BCUT2D eigenvalue weighted by Gasteiger charge is 2.49. The highest BCUT2D eigenvalue weighted by molar-refractivity contribution is 6.35. The van der Waals surface area contributed by atoms with Crippen molar-refractivity contribution in [2.24, 2.45) is 11.3 Å². The Morgan fingerprint density at radius 2 is 2.18 bits per heavy atom. The first kappa shape index (κ1) is 16.0. The maximum Gasteiger partial charge on any atom is 0.303 e. The fourth-order valence-electron chi connectivity index (χ4n) is 3.78. The van der Waals surface area contributed by atoms with Crippen LogP contribution in [0.1, 0.15) is 18.4 Å². The quantitative estimate of drug-likeness (QED) is 0.858. The largest absolute Gasteiger partial charge is 0.481 e. The molecule has 7 heteroatoms. The van der Waals surface area contributed by atoms with E-state index in [1.165, 1.54) is 0 Å². The number of fused-ring (bicyclic) bond motifs is 1. The normalized spacial score (nSPS) is 28.0. The van der Waals surface area contributed by atoms with Crippen molar-refractivity contribution in [2.75, 3.05) is 26.2 Å². The summed E-state index contributed by atoms with van der Waals surface area (Å²) in [7, 11) is 0. The van der Waals surface area contributed by atoms with E-state index in [1.807, 2.05) is 0 Å². The van der Waals surface area contributed by atoms with Crippen molar-refractivity contribution in [1.29, 1.82) is 0 Å². The molecule has 1 aromatic rings. The lowest BCUT2D eigenvalue weighted by Crippen LogP contribution is -2.33. The number of aliphatic carboxylic acids is 1. The van der Waals surface area contributed by atoms with E-state index in [4.69, 9.17) is 28.3 Å². The smallest absolute Gasteiger partial charge is 0.303 e. The number of halogens is 2. The predicted molar refractivity (Wildman–Crippen MR) is 85.2 cm³/mol. The predicted octanol–water partition coefficient (Wildman–Crippen LogP) is 2.27. The van der Waals surface area contributed by atoms with Crippen LogP contribution >= 0.6 is 23.2 Å². The van der Waals surface area contributed by atoms with Crippen molar-refractivity contribution in [3.63, 3.8) is 0 Å². The zero-order chi connectivity index (χ0) is 15.7. The van der Waals surface area contributed by atoms with Gasteiger partial charge in [-0.3, -0.25) is 14.7 Å². The number of aromatic nitrogens is 1. The van der Waals surface area contributed by atoms with E-state index in [-0.39, 0.29) is 11.8 Å². The molecular weight excluding hydrogens is 325 g/mol. The molecule has 0 bridgehead atoms. The summed E-state index contributed by atoms with van der Waals surface area (Å²) in [5.41, 5.74) is 0.962. The van der Waals surface area contributed by atoms with Gasteiger partial charge in [0.05, 0.1) is 10.0 Å². The number of pyridine rings is 1. The van der Waals surface area contributed by atoms with Gasteiger partial charge in [-0.2, -0.15) is 0 Å². The van der Waals surface area contributed by atoms with Crippen molar-refractivity contribution in [3.8, 4) is 0 Å². The molecule has 5 nitrogen and oxygen atoms in total. The van der Waals surface area contributed by atoms with Crippen LogP contribution in [0.5, 0.6) is 0 Å². The van der Waals surface area contributed by atoms with Gasteiger partial charge in [0, 0.05) is 56.0 Å². The number of carboxylic acid groups (broad SMARTS) is 1. The van der Waals surface area contributed by atoms with Gasteiger partial charge in [-0.1, -0.05) is 23.2 Å². The second-order valence-electron chi connectivity index (χ2n) is 6.34. The molecule has 22 heavy (non-hydrogen) atoms. The summed E-state index contributed by atoms with van der Waals surface area (Å²) >= 11 is 12.4. The summed E-state index contributed by atoms with van der Waals surface area (Å²) in [5.74, 6) is -0.232. The zero-order valence-electron chi connectivity index (χ0n) is 12.2. The molecule has 0 aliphatic carbocycles. The molecular formula is C15H19Cl2N3O2. The molecule has 0 spiro atoms. The van der Waals surface area contributed by atoms with E-state index in [2.05, 4.69) is 15.2 Å². The number of likely N-dealkylation sites (tertiary alicyclic amines) is 1. The molecule has 2 aliphatic rings. The van der Waals surface area contributed by atoms with Gasteiger partial charge >= 0.3 is 5.97 Å². The standard InChI is InChI=1S/C15H19Cl2N3O2/c16-12-4-18-5-13(17)11(12)7-20-6-10-3-19-8-15(10,9-20)2-1-14(21)22/h4-5,10,19H,1-3,6-9H2,(H,21,22). The summed E-state index contributed by atoms with van der Waals surface area (Å²) in [6, 6.07) is 0. The number of rotatable bonds is 5. The molecule has 0 saturated carbocycles. The van der Waals surface area contributed by atoms with Crippen LogP contribution in [0.2, 0.25) is 10.0 Å². The summed E-state index contributed by atoms with van der Waals surface area (Å²) in [5, 5.41) is 13.6. The maximum absolute atomic E-state index is 10.9. The van der Waals surface area contributed by atoms with Gasteiger partial charge in [-0.15, -0.1) is 0 Å². The molecule has 2 saturated heterocycles. The molecule has 3 heterocycles. The van der Waals surface area contributed by atoms with E-state index in [0.29, 0.717) is 28.9 Å². The molecule has 3 rings (SSSR count). The Balaban J connectivity index is 1.72. The lowest BCUT2D eigenvalue weighted by Gasteiger charge is -2.27. The monoisotopic (exact) mass is 343 g/mol. The fraction of sp³-hybridized carbons (Fsp3) is 0.600. The summed E-state index contributed by atoms with van der Waals surface area (Å²) < 4.78 is 0. The SMILES string of the molecule is O=C(O)CCC12CNCC1CN(Cc1c(Cl)cncc1Cl)C2. The van der Waals surface area contributed by atoms with Crippen LogP contribution in [0.15, 0.2) is 12.4 Å². The molecule has 0 aromatic carbocycles. The maximum atomic E-state index is 10.9. The first-order valence-electron chi connectivity index (χ1n) is 7.43.